The minimum absolute atomic E-state index is 0.174. The number of nitrogens with one attached hydrogen (secondary N) is 2. The molecule has 2 aliphatic rings. The Morgan fingerprint density at radius 3 is 2.48 bits per heavy atom. The van der Waals surface area contributed by atoms with Gasteiger partial charge in [-0.2, -0.15) is 5.10 Å². The van der Waals surface area contributed by atoms with E-state index < -0.39 is 35.2 Å². The lowest BCUT2D eigenvalue weighted by atomic mass is 9.72. The average Bonchev–Trinajstić information content (AvgIpc) is 3.22. The molecule has 2 N–H and O–H groups in total. The Kier molecular flexibility index (Phi) is 3.88. The Morgan fingerprint density at radius 1 is 1.03 bits per heavy atom. The quantitative estimate of drug-likeness (QED) is 0.608. The second-order valence-corrected chi connectivity index (χ2v) is 7.13. The largest absolute Gasteiger partial charge is 0.573 e. The van der Waals surface area contributed by atoms with Crippen LogP contribution in [0.25, 0.3) is 5.69 Å². The summed E-state index contributed by atoms with van der Waals surface area (Å²) < 4.78 is 56.3. The van der Waals surface area contributed by atoms with Gasteiger partial charge in [0.15, 0.2) is 0 Å². The highest BCUT2D eigenvalue weighted by Gasteiger charge is 2.54. The highest BCUT2D eigenvalue weighted by Crippen LogP contribution is 2.50. The summed E-state index contributed by atoms with van der Waals surface area (Å²) in [6.07, 6.45) is -3.69. The molecule has 1 unspecified atom stereocenters. The Hall–Kier alpha value is -3.89. The van der Waals surface area contributed by atoms with Crippen molar-refractivity contribution in [3.63, 3.8) is 0 Å². The van der Waals surface area contributed by atoms with Crippen LogP contribution in [-0.4, -0.2) is 28.0 Å². The van der Waals surface area contributed by atoms with Crippen molar-refractivity contribution in [3.8, 4) is 11.4 Å². The normalized spacial score (nSPS) is 19.6. The molecule has 3 heterocycles. The van der Waals surface area contributed by atoms with Gasteiger partial charge < -0.3 is 15.4 Å². The van der Waals surface area contributed by atoms with Crippen LogP contribution >= 0.6 is 0 Å². The molecule has 0 saturated carbocycles. The number of ether oxygens (including phenoxy) is 1. The van der Waals surface area contributed by atoms with E-state index in [1.54, 1.807) is 0 Å². The Balaban J connectivity index is 1.62. The van der Waals surface area contributed by atoms with E-state index >= 15 is 0 Å². The maximum absolute atomic E-state index is 14.0. The topological polar surface area (TPSA) is 85.2 Å². The van der Waals surface area contributed by atoms with Crippen LogP contribution in [0.1, 0.15) is 17.5 Å². The van der Waals surface area contributed by atoms with E-state index in [-0.39, 0.29) is 12.2 Å². The zero-order valence-corrected chi connectivity index (χ0v) is 15.5. The van der Waals surface area contributed by atoms with Crippen LogP contribution in [0, 0.1) is 5.82 Å². The third-order valence-corrected chi connectivity index (χ3v) is 5.30. The van der Waals surface area contributed by atoms with Gasteiger partial charge in [0.05, 0.1) is 11.9 Å². The molecule has 0 bridgehead atoms. The Bertz CT molecular complexity index is 1240. The molecule has 31 heavy (non-hydrogen) atoms. The highest BCUT2D eigenvalue weighted by atomic mass is 19.4. The fraction of sp³-hybridized carbons (Fsp3) is 0.150. The summed E-state index contributed by atoms with van der Waals surface area (Å²) in [7, 11) is 0. The standard InChI is InChI=1S/C20H12F4N4O3/c21-10-1-6-15-13(7-10)19(18(30)26-15)8-16(29)27-17-14(19)9-25-28(17)11-2-4-12(5-3-11)31-20(22,23)24/h1-7,9H,8H2,(H,26,30)(H,27,29). The van der Waals surface area contributed by atoms with Crippen LogP contribution in [0.5, 0.6) is 5.75 Å². The number of halogens is 4. The smallest absolute Gasteiger partial charge is 0.406 e. The number of rotatable bonds is 2. The fourth-order valence-corrected chi connectivity index (χ4v) is 4.05. The molecule has 7 nitrogen and oxygen atoms in total. The predicted molar refractivity (Wildman–Crippen MR) is 99.3 cm³/mol. The summed E-state index contributed by atoms with van der Waals surface area (Å²) in [5.41, 5.74) is -0.0711. The van der Waals surface area contributed by atoms with Crippen molar-refractivity contribution < 1.29 is 31.9 Å². The van der Waals surface area contributed by atoms with Gasteiger partial charge in [-0.25, -0.2) is 9.07 Å². The third-order valence-electron chi connectivity index (χ3n) is 5.30. The Morgan fingerprint density at radius 2 is 1.77 bits per heavy atom. The van der Waals surface area contributed by atoms with E-state index in [0.29, 0.717) is 22.5 Å². The number of nitrogens with zero attached hydrogens (tertiary/aromatic N) is 2. The van der Waals surface area contributed by atoms with Crippen molar-refractivity contribution in [1.82, 2.24) is 9.78 Å². The molecule has 0 radical (unpaired) electrons. The van der Waals surface area contributed by atoms with Crippen LogP contribution in [0.3, 0.4) is 0 Å². The number of aromatic nitrogens is 2. The molecule has 1 spiro atoms. The van der Waals surface area contributed by atoms with Crippen LogP contribution in [0.15, 0.2) is 48.7 Å². The van der Waals surface area contributed by atoms with Crippen molar-refractivity contribution in [2.75, 3.05) is 10.6 Å². The molecule has 0 fully saturated rings. The summed E-state index contributed by atoms with van der Waals surface area (Å²) in [5.74, 6) is -1.78. The molecule has 1 atom stereocenters. The molecule has 2 aromatic carbocycles. The minimum atomic E-state index is -4.83. The Labute approximate surface area is 171 Å². The molecule has 158 valence electrons. The second kappa shape index (κ2) is 6.30. The second-order valence-electron chi connectivity index (χ2n) is 7.13. The molecule has 0 saturated heterocycles. The number of carbonyl (C=O) groups is 2. The molecule has 3 aromatic rings. The molecule has 2 amide bonds. The maximum atomic E-state index is 14.0. The van der Waals surface area contributed by atoms with Gasteiger partial charge in [-0.3, -0.25) is 9.59 Å². The number of anilines is 2. The monoisotopic (exact) mass is 432 g/mol. The maximum Gasteiger partial charge on any atom is 0.573 e. The number of carbonyl (C=O) groups excluding carboxylic acids is 2. The van der Waals surface area contributed by atoms with Crippen molar-refractivity contribution in [2.45, 2.75) is 18.2 Å². The number of fused-ring (bicyclic) bond motifs is 4. The van der Waals surface area contributed by atoms with E-state index in [2.05, 4.69) is 20.5 Å². The lowest BCUT2D eigenvalue weighted by molar-refractivity contribution is -0.274. The summed E-state index contributed by atoms with van der Waals surface area (Å²) in [6.45, 7) is 0. The van der Waals surface area contributed by atoms with E-state index in [1.807, 2.05) is 0 Å². The van der Waals surface area contributed by atoms with Crippen LogP contribution < -0.4 is 15.4 Å². The van der Waals surface area contributed by atoms with E-state index in [4.69, 9.17) is 0 Å². The van der Waals surface area contributed by atoms with Gasteiger partial charge in [0.2, 0.25) is 11.8 Å². The first kappa shape index (κ1) is 19.1. The third kappa shape index (κ3) is 2.92. The number of amides is 2. The number of alkyl halides is 3. The van der Waals surface area contributed by atoms with E-state index in [1.165, 1.54) is 41.2 Å². The van der Waals surface area contributed by atoms with Crippen LogP contribution in [0.2, 0.25) is 0 Å². The first-order chi connectivity index (χ1) is 14.7. The molecule has 1 aromatic heterocycles. The summed E-state index contributed by atoms with van der Waals surface area (Å²) in [4.78, 5) is 25.5. The predicted octanol–water partition coefficient (Wildman–Crippen LogP) is 3.49. The molecular weight excluding hydrogens is 420 g/mol. The minimum Gasteiger partial charge on any atom is -0.406 e. The lowest BCUT2D eigenvalue weighted by Gasteiger charge is -2.31. The average molecular weight is 432 g/mol. The molecule has 2 aliphatic heterocycles. The van der Waals surface area contributed by atoms with Crippen molar-refractivity contribution >= 4 is 23.3 Å². The summed E-state index contributed by atoms with van der Waals surface area (Å²) >= 11 is 0. The SMILES string of the molecule is O=C1CC2(C(=O)Nc3ccc(F)cc32)c2cnn(-c3ccc(OC(F)(F)F)cc3)c2N1. The van der Waals surface area contributed by atoms with Gasteiger partial charge in [-0.15, -0.1) is 13.2 Å². The first-order valence-corrected chi connectivity index (χ1v) is 9.03. The molecule has 0 aliphatic carbocycles. The van der Waals surface area contributed by atoms with Gasteiger partial charge in [0, 0.05) is 17.7 Å². The van der Waals surface area contributed by atoms with Gasteiger partial charge in [0.1, 0.15) is 22.8 Å². The van der Waals surface area contributed by atoms with Gasteiger partial charge in [-0.1, -0.05) is 0 Å². The number of hydrogen-bond acceptors (Lipinski definition) is 4. The highest BCUT2D eigenvalue weighted by molar-refractivity contribution is 6.14. The molecular formula is C20H12F4N4O3. The van der Waals surface area contributed by atoms with E-state index in [0.717, 1.165) is 12.1 Å². The first-order valence-electron chi connectivity index (χ1n) is 9.03. The van der Waals surface area contributed by atoms with Gasteiger partial charge >= 0.3 is 6.36 Å². The van der Waals surface area contributed by atoms with Crippen molar-refractivity contribution in [1.29, 1.82) is 0 Å². The van der Waals surface area contributed by atoms with Crippen molar-refractivity contribution in [3.05, 3.63) is 65.6 Å². The zero-order valence-electron chi connectivity index (χ0n) is 15.5. The van der Waals surface area contributed by atoms with Gasteiger partial charge in [-0.05, 0) is 48.0 Å². The molecule has 5 rings (SSSR count). The van der Waals surface area contributed by atoms with E-state index in [9.17, 15) is 27.2 Å². The van der Waals surface area contributed by atoms with Crippen molar-refractivity contribution in [2.24, 2.45) is 0 Å². The number of hydrogen-bond donors (Lipinski definition) is 2. The zero-order chi connectivity index (χ0) is 22.0. The lowest BCUT2D eigenvalue weighted by Crippen LogP contribution is -2.43. The van der Waals surface area contributed by atoms with Crippen LogP contribution in [-0.2, 0) is 15.0 Å². The summed E-state index contributed by atoms with van der Waals surface area (Å²) in [5, 5.41) is 9.55. The number of benzene rings is 2. The fourth-order valence-electron chi connectivity index (χ4n) is 4.05. The van der Waals surface area contributed by atoms with Gasteiger partial charge in [0.25, 0.3) is 0 Å². The summed E-state index contributed by atoms with van der Waals surface area (Å²) in [6, 6.07) is 8.68. The van der Waals surface area contributed by atoms with Crippen LogP contribution in [0.4, 0.5) is 29.1 Å². The molecule has 11 heteroatoms.